The fourth-order valence-electron chi connectivity index (χ4n) is 7.05. The summed E-state index contributed by atoms with van der Waals surface area (Å²) in [5.74, 6) is 1.64. The second-order valence-electron chi connectivity index (χ2n) is 13.1. The zero-order chi connectivity index (χ0) is 34.5. The molecule has 0 fully saturated rings. The van der Waals surface area contributed by atoms with Crippen molar-refractivity contribution < 1.29 is 9.47 Å². The normalized spacial score (nSPS) is 12.1. The molecule has 0 saturated carbocycles. The molecule has 0 spiro atoms. The number of hydrogen-bond donors (Lipinski definition) is 2. The van der Waals surface area contributed by atoms with E-state index in [1.807, 2.05) is 24.3 Å². The lowest BCUT2D eigenvalue weighted by Gasteiger charge is -2.07. The molecule has 2 aliphatic rings. The van der Waals surface area contributed by atoms with E-state index in [9.17, 15) is 0 Å². The van der Waals surface area contributed by atoms with Crippen molar-refractivity contribution in [3.05, 3.63) is 107 Å². The van der Waals surface area contributed by atoms with Crippen molar-refractivity contribution in [2.45, 2.75) is 65.2 Å². The van der Waals surface area contributed by atoms with E-state index in [1.165, 1.54) is 30.4 Å². The first-order chi connectivity index (χ1) is 24.6. The van der Waals surface area contributed by atoms with E-state index in [0.29, 0.717) is 0 Å². The SMILES string of the molecule is CCCCCCc1c2nc(c(CCCC)c3ccc([nH]3)c(-c3ccc(OC)cc3)c3nc(c(-c4ccc(OC)cc4)c4ccc1[nH]4)C=C3)C=C2. The van der Waals surface area contributed by atoms with Gasteiger partial charge in [-0.2, -0.15) is 0 Å². The topological polar surface area (TPSA) is 75.8 Å². The monoisotopic (exact) mass is 662 g/mol. The van der Waals surface area contributed by atoms with Gasteiger partial charge >= 0.3 is 0 Å². The Kier molecular flexibility index (Phi) is 9.97. The van der Waals surface area contributed by atoms with Crippen molar-refractivity contribution >= 4 is 46.4 Å². The third-order valence-electron chi connectivity index (χ3n) is 9.79. The average molecular weight is 663 g/mol. The molecule has 254 valence electrons. The summed E-state index contributed by atoms with van der Waals surface area (Å²) in [6.07, 6.45) is 17.6. The lowest BCUT2D eigenvalue weighted by Crippen LogP contribution is -1.94. The van der Waals surface area contributed by atoms with Crippen LogP contribution in [0.1, 0.15) is 86.3 Å². The minimum Gasteiger partial charge on any atom is -0.497 e. The van der Waals surface area contributed by atoms with Crippen LogP contribution >= 0.6 is 0 Å². The standard InChI is InChI=1S/C44H46N4O2/c1-5-7-9-10-12-34-36-22-21-35(45-36)33(11-8-6-2)37-23-25-39(46-37)43(29-13-17-31(49-3)18-14-29)41-27-28-42(48-41)44(40-26-24-38(34)47-40)30-15-19-32(50-4)20-16-30/h13-28,46-47H,5-12H2,1-4H3. The van der Waals surface area contributed by atoms with Crippen molar-refractivity contribution in [2.24, 2.45) is 0 Å². The maximum Gasteiger partial charge on any atom is 0.118 e. The highest BCUT2D eigenvalue weighted by Crippen LogP contribution is 2.36. The molecule has 0 atom stereocenters. The highest BCUT2D eigenvalue weighted by molar-refractivity contribution is 5.96. The van der Waals surface area contributed by atoms with Gasteiger partial charge in [0.25, 0.3) is 0 Å². The summed E-state index contributed by atoms with van der Waals surface area (Å²) in [4.78, 5) is 18.4. The van der Waals surface area contributed by atoms with Crippen LogP contribution in [0.25, 0.3) is 68.6 Å². The van der Waals surface area contributed by atoms with Crippen molar-refractivity contribution in [3.63, 3.8) is 0 Å². The summed E-state index contributed by atoms with van der Waals surface area (Å²) in [6.45, 7) is 4.51. The number of unbranched alkanes of at least 4 members (excludes halogenated alkanes) is 4. The van der Waals surface area contributed by atoms with Gasteiger partial charge in [0.1, 0.15) is 11.5 Å². The number of methoxy groups -OCH3 is 2. The third kappa shape index (κ3) is 6.75. The maximum absolute atomic E-state index is 5.52. The van der Waals surface area contributed by atoms with E-state index in [4.69, 9.17) is 19.4 Å². The number of benzene rings is 2. The molecule has 50 heavy (non-hydrogen) atoms. The van der Waals surface area contributed by atoms with Gasteiger partial charge in [-0.05, 0) is 110 Å². The van der Waals surface area contributed by atoms with Crippen LogP contribution in [0.2, 0.25) is 0 Å². The van der Waals surface area contributed by atoms with Gasteiger partial charge in [0.2, 0.25) is 0 Å². The summed E-state index contributed by atoms with van der Waals surface area (Å²) in [6, 6.07) is 25.3. The molecular weight excluding hydrogens is 617 g/mol. The summed E-state index contributed by atoms with van der Waals surface area (Å²) in [7, 11) is 3.40. The Morgan fingerprint density at radius 2 is 0.880 bits per heavy atom. The number of nitrogens with one attached hydrogen (secondary N) is 2. The number of aromatic nitrogens is 4. The van der Waals surface area contributed by atoms with Crippen LogP contribution in [0.3, 0.4) is 0 Å². The molecular formula is C44H46N4O2. The fourth-order valence-corrected chi connectivity index (χ4v) is 7.05. The molecule has 8 bridgehead atoms. The number of aromatic amines is 2. The first-order valence-corrected chi connectivity index (χ1v) is 18.0. The van der Waals surface area contributed by atoms with E-state index >= 15 is 0 Å². The molecule has 0 aliphatic carbocycles. The zero-order valence-corrected chi connectivity index (χ0v) is 29.6. The molecule has 2 aromatic carbocycles. The number of hydrogen-bond acceptors (Lipinski definition) is 4. The molecule has 6 nitrogen and oxygen atoms in total. The molecule has 2 N–H and O–H groups in total. The van der Waals surface area contributed by atoms with Crippen LogP contribution in [-0.4, -0.2) is 34.2 Å². The number of H-pyrrole nitrogens is 2. The van der Waals surface area contributed by atoms with Crippen LogP contribution in [0.15, 0.2) is 72.8 Å². The largest absolute Gasteiger partial charge is 0.497 e. The molecule has 3 aromatic heterocycles. The van der Waals surface area contributed by atoms with E-state index in [1.54, 1.807) is 14.2 Å². The summed E-state index contributed by atoms with van der Waals surface area (Å²) in [5.41, 5.74) is 14.8. The van der Waals surface area contributed by atoms with Crippen LogP contribution in [0, 0.1) is 0 Å². The first-order valence-electron chi connectivity index (χ1n) is 18.0. The van der Waals surface area contributed by atoms with Gasteiger partial charge in [0.15, 0.2) is 0 Å². The second-order valence-corrected chi connectivity index (χ2v) is 13.1. The maximum atomic E-state index is 5.52. The summed E-state index contributed by atoms with van der Waals surface area (Å²) in [5, 5.41) is 0. The molecule has 7 rings (SSSR count). The highest BCUT2D eigenvalue weighted by atomic mass is 16.5. The Bertz CT molecular complexity index is 2200. The first kappa shape index (κ1) is 33.2. The number of rotatable bonds is 12. The summed E-state index contributed by atoms with van der Waals surface area (Å²) >= 11 is 0. The van der Waals surface area contributed by atoms with Gasteiger partial charge in [0, 0.05) is 44.3 Å². The quantitative estimate of drug-likeness (QED) is 0.128. The predicted molar refractivity (Wildman–Crippen MR) is 209 cm³/mol. The highest BCUT2D eigenvalue weighted by Gasteiger charge is 2.18. The third-order valence-corrected chi connectivity index (χ3v) is 9.79. The molecule has 6 heteroatoms. The lowest BCUT2D eigenvalue weighted by molar-refractivity contribution is 0.415. The van der Waals surface area contributed by atoms with E-state index in [0.717, 1.165) is 111 Å². The van der Waals surface area contributed by atoms with Gasteiger partial charge in [-0.1, -0.05) is 63.8 Å². The van der Waals surface area contributed by atoms with E-state index in [2.05, 4.69) is 96.7 Å². The Labute approximate surface area is 295 Å². The van der Waals surface area contributed by atoms with Gasteiger partial charge in [-0.25, -0.2) is 9.97 Å². The molecule has 0 unspecified atom stereocenters. The molecule has 5 heterocycles. The van der Waals surface area contributed by atoms with Crippen molar-refractivity contribution in [2.75, 3.05) is 14.2 Å². The van der Waals surface area contributed by atoms with Gasteiger partial charge in [0.05, 0.1) is 37.0 Å². The molecule has 0 amide bonds. The van der Waals surface area contributed by atoms with Crippen LogP contribution in [-0.2, 0) is 12.8 Å². The Hall–Kier alpha value is -5.36. The number of ether oxygens (including phenoxy) is 2. The Morgan fingerprint density at radius 1 is 0.460 bits per heavy atom. The van der Waals surface area contributed by atoms with Crippen molar-refractivity contribution in [1.82, 2.24) is 19.9 Å². The predicted octanol–water partition coefficient (Wildman–Crippen LogP) is 11.5. The van der Waals surface area contributed by atoms with E-state index in [-0.39, 0.29) is 0 Å². The number of fused-ring (bicyclic) bond motifs is 8. The molecule has 0 radical (unpaired) electrons. The summed E-state index contributed by atoms with van der Waals surface area (Å²) < 4.78 is 11.0. The van der Waals surface area contributed by atoms with Gasteiger partial charge in [-0.3, -0.25) is 0 Å². The Balaban J connectivity index is 1.58. The smallest absolute Gasteiger partial charge is 0.118 e. The van der Waals surface area contributed by atoms with Crippen LogP contribution in [0.5, 0.6) is 11.5 Å². The van der Waals surface area contributed by atoms with Crippen molar-refractivity contribution in [3.8, 4) is 33.8 Å². The molecule has 5 aromatic rings. The molecule has 0 saturated heterocycles. The number of nitrogens with zero attached hydrogens (tertiary/aromatic N) is 2. The van der Waals surface area contributed by atoms with Gasteiger partial charge in [-0.15, -0.1) is 0 Å². The molecule has 2 aliphatic heterocycles. The fraction of sp³-hybridized carbons (Fsp3) is 0.273. The Morgan fingerprint density at radius 3 is 1.34 bits per heavy atom. The average Bonchev–Trinajstić information content (AvgIpc) is 3.99. The minimum absolute atomic E-state index is 0.818. The van der Waals surface area contributed by atoms with E-state index < -0.39 is 0 Å². The zero-order valence-electron chi connectivity index (χ0n) is 29.6. The van der Waals surface area contributed by atoms with Crippen LogP contribution < -0.4 is 9.47 Å². The number of aryl methyl sites for hydroxylation is 2. The minimum atomic E-state index is 0.818. The van der Waals surface area contributed by atoms with Crippen LogP contribution in [0.4, 0.5) is 0 Å². The second kappa shape index (κ2) is 15.0. The lowest BCUT2D eigenvalue weighted by atomic mass is 10.0. The van der Waals surface area contributed by atoms with Crippen molar-refractivity contribution in [1.29, 1.82) is 0 Å². The van der Waals surface area contributed by atoms with Gasteiger partial charge < -0.3 is 19.4 Å².